The normalized spacial score (nSPS) is 15.5. The van der Waals surface area contributed by atoms with Gasteiger partial charge in [0.05, 0.1) is 5.69 Å². The van der Waals surface area contributed by atoms with Crippen LogP contribution >= 0.6 is 0 Å². The number of halogens is 1. The molecule has 1 aromatic heterocycles. The van der Waals surface area contributed by atoms with E-state index >= 15 is 0 Å². The van der Waals surface area contributed by atoms with Crippen LogP contribution in [0, 0.1) is 12.7 Å². The zero-order valence-corrected chi connectivity index (χ0v) is 13.6. The standard InChI is InChI=1S/C17H20FN3O3/c1-13-11-16(24-19-13)17(22)21-7-5-20(6-8-21)9-10-23-15-4-2-3-14(18)12-15/h2-4,11-12H,5-10H2,1H3. The number of carbonyl (C=O) groups excluding carboxylic acids is 1. The van der Waals surface area contributed by atoms with Gasteiger partial charge in [0.2, 0.25) is 5.76 Å². The Morgan fingerprint density at radius 2 is 2.08 bits per heavy atom. The van der Waals surface area contributed by atoms with E-state index in [-0.39, 0.29) is 17.5 Å². The second-order valence-electron chi connectivity index (χ2n) is 5.77. The zero-order valence-electron chi connectivity index (χ0n) is 13.6. The van der Waals surface area contributed by atoms with E-state index < -0.39 is 0 Å². The zero-order chi connectivity index (χ0) is 16.9. The van der Waals surface area contributed by atoms with E-state index in [0.717, 1.165) is 19.6 Å². The van der Waals surface area contributed by atoms with Crippen LogP contribution in [-0.4, -0.2) is 60.2 Å². The Morgan fingerprint density at radius 3 is 2.75 bits per heavy atom. The minimum absolute atomic E-state index is 0.119. The minimum atomic E-state index is -0.303. The van der Waals surface area contributed by atoms with Gasteiger partial charge in [0.25, 0.3) is 5.91 Å². The van der Waals surface area contributed by atoms with Crippen LogP contribution in [0.3, 0.4) is 0 Å². The third-order valence-electron chi connectivity index (χ3n) is 3.97. The fraction of sp³-hybridized carbons (Fsp3) is 0.412. The van der Waals surface area contributed by atoms with Crippen LogP contribution in [0.4, 0.5) is 4.39 Å². The Kier molecular flexibility index (Phi) is 5.10. The maximum absolute atomic E-state index is 13.1. The van der Waals surface area contributed by atoms with Gasteiger partial charge < -0.3 is 14.2 Å². The van der Waals surface area contributed by atoms with Crippen molar-refractivity contribution in [3.8, 4) is 5.75 Å². The summed E-state index contributed by atoms with van der Waals surface area (Å²) in [5.41, 5.74) is 0.700. The predicted octanol–water partition coefficient (Wildman–Crippen LogP) is 1.96. The summed E-state index contributed by atoms with van der Waals surface area (Å²) >= 11 is 0. The molecular formula is C17H20FN3O3. The van der Waals surface area contributed by atoms with E-state index in [1.807, 2.05) is 0 Å². The van der Waals surface area contributed by atoms with Crippen LogP contribution in [0.15, 0.2) is 34.9 Å². The lowest BCUT2D eigenvalue weighted by Crippen LogP contribution is -2.49. The topological polar surface area (TPSA) is 58.8 Å². The number of aromatic nitrogens is 1. The smallest absolute Gasteiger partial charge is 0.292 e. The highest BCUT2D eigenvalue weighted by atomic mass is 19.1. The highest BCUT2D eigenvalue weighted by molar-refractivity contribution is 5.91. The number of hydrogen-bond donors (Lipinski definition) is 0. The molecule has 0 bridgehead atoms. The lowest BCUT2D eigenvalue weighted by Gasteiger charge is -2.34. The molecule has 1 aliphatic heterocycles. The second-order valence-corrected chi connectivity index (χ2v) is 5.77. The first-order chi connectivity index (χ1) is 11.6. The summed E-state index contributed by atoms with van der Waals surface area (Å²) in [7, 11) is 0. The average Bonchev–Trinajstić information content (AvgIpc) is 3.01. The molecule has 24 heavy (non-hydrogen) atoms. The number of carbonyl (C=O) groups is 1. The molecule has 1 saturated heterocycles. The quantitative estimate of drug-likeness (QED) is 0.837. The van der Waals surface area contributed by atoms with Gasteiger partial charge >= 0.3 is 0 Å². The maximum Gasteiger partial charge on any atom is 0.292 e. The summed E-state index contributed by atoms with van der Waals surface area (Å²) in [5.74, 6) is 0.397. The van der Waals surface area contributed by atoms with Gasteiger partial charge in [-0.05, 0) is 19.1 Å². The van der Waals surface area contributed by atoms with Gasteiger partial charge in [0.15, 0.2) is 0 Å². The molecule has 3 rings (SSSR count). The number of nitrogens with zero attached hydrogens (tertiary/aromatic N) is 3. The lowest BCUT2D eigenvalue weighted by atomic mass is 10.2. The van der Waals surface area contributed by atoms with Crippen LogP contribution in [0.25, 0.3) is 0 Å². The average molecular weight is 333 g/mol. The molecule has 0 saturated carbocycles. The van der Waals surface area contributed by atoms with Gasteiger partial charge in [0, 0.05) is 44.9 Å². The van der Waals surface area contributed by atoms with Gasteiger partial charge in [-0.15, -0.1) is 0 Å². The predicted molar refractivity (Wildman–Crippen MR) is 85.5 cm³/mol. The van der Waals surface area contributed by atoms with Crippen molar-refractivity contribution in [2.24, 2.45) is 0 Å². The Hall–Kier alpha value is -2.41. The van der Waals surface area contributed by atoms with Crippen LogP contribution in [0.5, 0.6) is 5.75 Å². The van der Waals surface area contributed by atoms with Crippen molar-refractivity contribution in [2.75, 3.05) is 39.3 Å². The highest BCUT2D eigenvalue weighted by Crippen LogP contribution is 2.13. The highest BCUT2D eigenvalue weighted by Gasteiger charge is 2.24. The second kappa shape index (κ2) is 7.44. The largest absolute Gasteiger partial charge is 0.492 e. The molecule has 0 radical (unpaired) electrons. The monoisotopic (exact) mass is 333 g/mol. The summed E-state index contributed by atoms with van der Waals surface area (Å²) in [5, 5.41) is 3.75. The summed E-state index contributed by atoms with van der Waals surface area (Å²) in [6.45, 7) is 5.82. The number of benzene rings is 1. The molecule has 1 aromatic carbocycles. The van der Waals surface area contributed by atoms with Gasteiger partial charge in [-0.3, -0.25) is 9.69 Å². The maximum atomic E-state index is 13.1. The molecule has 0 N–H and O–H groups in total. The molecule has 0 spiro atoms. The van der Waals surface area contributed by atoms with E-state index in [9.17, 15) is 9.18 Å². The number of piperazine rings is 1. The Balaban J connectivity index is 1.41. The number of aryl methyl sites for hydroxylation is 1. The van der Waals surface area contributed by atoms with Crippen molar-refractivity contribution in [2.45, 2.75) is 6.92 Å². The van der Waals surface area contributed by atoms with Gasteiger partial charge in [-0.1, -0.05) is 11.2 Å². The number of rotatable bonds is 5. The van der Waals surface area contributed by atoms with Crippen molar-refractivity contribution in [1.82, 2.24) is 15.0 Å². The van der Waals surface area contributed by atoms with E-state index in [1.54, 1.807) is 30.0 Å². The fourth-order valence-corrected chi connectivity index (χ4v) is 2.64. The molecule has 6 nitrogen and oxygen atoms in total. The van der Waals surface area contributed by atoms with Crippen molar-refractivity contribution >= 4 is 5.91 Å². The van der Waals surface area contributed by atoms with Gasteiger partial charge in [-0.25, -0.2) is 4.39 Å². The summed E-state index contributed by atoms with van der Waals surface area (Å²) in [6, 6.07) is 7.77. The molecule has 128 valence electrons. The third-order valence-corrected chi connectivity index (χ3v) is 3.97. The molecule has 1 aliphatic rings. The van der Waals surface area contributed by atoms with Crippen LogP contribution in [0.1, 0.15) is 16.2 Å². The van der Waals surface area contributed by atoms with Crippen molar-refractivity contribution in [3.63, 3.8) is 0 Å². The Bertz CT molecular complexity index is 696. The minimum Gasteiger partial charge on any atom is -0.492 e. The molecule has 7 heteroatoms. The molecule has 1 amide bonds. The molecular weight excluding hydrogens is 313 g/mol. The van der Waals surface area contributed by atoms with E-state index in [4.69, 9.17) is 9.26 Å². The Morgan fingerprint density at radius 1 is 1.29 bits per heavy atom. The first-order valence-electron chi connectivity index (χ1n) is 7.95. The van der Waals surface area contributed by atoms with Crippen molar-refractivity contribution in [1.29, 1.82) is 0 Å². The third kappa shape index (κ3) is 4.11. The van der Waals surface area contributed by atoms with Crippen LogP contribution in [-0.2, 0) is 0 Å². The molecule has 0 unspecified atom stereocenters. The summed E-state index contributed by atoms with van der Waals surface area (Å²) in [6.07, 6.45) is 0. The number of hydrogen-bond acceptors (Lipinski definition) is 5. The van der Waals surface area contributed by atoms with Crippen LogP contribution < -0.4 is 4.74 Å². The first-order valence-corrected chi connectivity index (χ1v) is 7.95. The SMILES string of the molecule is Cc1cc(C(=O)N2CCN(CCOc3cccc(F)c3)CC2)on1. The molecule has 0 atom stereocenters. The molecule has 2 heterocycles. The summed E-state index contributed by atoms with van der Waals surface area (Å²) in [4.78, 5) is 16.2. The molecule has 1 fully saturated rings. The van der Waals surface area contributed by atoms with Crippen molar-refractivity contribution in [3.05, 3.63) is 47.6 Å². The van der Waals surface area contributed by atoms with E-state index in [0.29, 0.717) is 31.1 Å². The first kappa shape index (κ1) is 16.4. The lowest BCUT2D eigenvalue weighted by molar-refractivity contribution is 0.0581. The van der Waals surface area contributed by atoms with Crippen molar-refractivity contribution < 1.29 is 18.4 Å². The molecule has 0 aliphatic carbocycles. The van der Waals surface area contributed by atoms with E-state index in [2.05, 4.69) is 10.1 Å². The number of ether oxygens (including phenoxy) is 1. The molecule has 2 aromatic rings. The summed E-state index contributed by atoms with van der Waals surface area (Å²) < 4.78 is 23.6. The fourth-order valence-electron chi connectivity index (χ4n) is 2.64. The Labute approximate surface area is 139 Å². The van der Waals surface area contributed by atoms with Crippen LogP contribution in [0.2, 0.25) is 0 Å². The number of amides is 1. The van der Waals surface area contributed by atoms with Gasteiger partial charge in [0.1, 0.15) is 18.2 Å². The van der Waals surface area contributed by atoms with E-state index in [1.165, 1.54) is 12.1 Å². The van der Waals surface area contributed by atoms with Gasteiger partial charge in [-0.2, -0.15) is 0 Å².